The minimum Gasteiger partial charge on any atom is -0.426 e. The lowest BCUT2D eigenvalue weighted by atomic mass is 10.1. The summed E-state index contributed by atoms with van der Waals surface area (Å²) in [7, 11) is 3.30. The van der Waals surface area contributed by atoms with Crippen molar-refractivity contribution in [2.45, 2.75) is 20.2 Å². The molecule has 0 atom stereocenters. The molecule has 1 N–H and O–H groups in total. The van der Waals surface area contributed by atoms with Gasteiger partial charge in [0.15, 0.2) is 0 Å². The summed E-state index contributed by atoms with van der Waals surface area (Å²) in [6, 6.07) is 5.00. The van der Waals surface area contributed by atoms with E-state index in [0.717, 1.165) is 0 Å². The van der Waals surface area contributed by atoms with Crippen LogP contribution in [-0.2, 0) is 11.2 Å². The Morgan fingerprint density at radius 3 is 2.85 bits per heavy atom. The highest BCUT2D eigenvalue weighted by atomic mass is 16.5. The van der Waals surface area contributed by atoms with E-state index in [0.29, 0.717) is 17.4 Å². The van der Waals surface area contributed by atoms with Crippen molar-refractivity contribution in [2.75, 3.05) is 27.1 Å². The lowest BCUT2D eigenvalue weighted by molar-refractivity contribution is -0.888. The third kappa shape index (κ3) is 3.20. The van der Waals surface area contributed by atoms with Gasteiger partial charge in [-0.15, -0.1) is 0 Å². The number of nitrogens with zero attached hydrogens (tertiary/aromatic N) is 1. The van der Waals surface area contributed by atoms with E-state index in [9.17, 15) is 4.79 Å². The van der Waals surface area contributed by atoms with E-state index < -0.39 is 18.8 Å². The number of aryl methyl sites for hydroxylation is 1. The molecule has 0 spiro atoms. The first-order valence-corrected chi connectivity index (χ1v) is 6.58. The summed E-state index contributed by atoms with van der Waals surface area (Å²) in [4.78, 5) is 14.3. The van der Waals surface area contributed by atoms with Crippen molar-refractivity contribution in [1.29, 1.82) is 0 Å². The summed E-state index contributed by atoms with van der Waals surface area (Å²) >= 11 is 0. The molecule has 20 heavy (non-hydrogen) atoms. The van der Waals surface area contributed by atoms with Crippen LogP contribution in [0.25, 0.3) is 10.9 Å². The SMILES string of the molecule is [2H]C([2H])(c1c[nH]c2cccc(OC(C)=O)c12)C([2H])([2H])[N+](C)(C)CC. The van der Waals surface area contributed by atoms with Gasteiger partial charge in [-0.05, 0) is 24.6 Å². The smallest absolute Gasteiger partial charge is 0.308 e. The second-order valence-electron chi connectivity index (χ2n) is 5.21. The molecule has 2 aromatic rings. The standard InChI is InChI=1S/C16H23N2O2/c1-5-18(3,4)10-9-13-11-17-14-7-6-8-15(16(13)14)20-12(2)19/h6-8,11,17H,5,9-10H2,1-4H3/q+1/i9D2,10D2. The number of fused-ring (bicyclic) bond motifs is 1. The van der Waals surface area contributed by atoms with Gasteiger partial charge in [-0.1, -0.05) is 6.07 Å². The molecule has 0 fully saturated rings. The Kier molecular flexibility index (Phi) is 2.83. The maximum Gasteiger partial charge on any atom is 0.308 e. The normalized spacial score (nSPS) is 16.2. The Morgan fingerprint density at radius 1 is 1.45 bits per heavy atom. The molecule has 0 saturated carbocycles. The van der Waals surface area contributed by atoms with Gasteiger partial charge < -0.3 is 14.2 Å². The predicted octanol–water partition coefficient (Wildman–Crippen LogP) is 2.73. The molecule has 0 aliphatic heterocycles. The van der Waals surface area contributed by atoms with E-state index in [1.807, 2.05) is 6.92 Å². The molecule has 4 nitrogen and oxygen atoms in total. The van der Waals surface area contributed by atoms with Gasteiger partial charge in [0.2, 0.25) is 0 Å². The number of hydrogen-bond acceptors (Lipinski definition) is 2. The van der Waals surface area contributed by atoms with Crippen molar-refractivity contribution in [1.82, 2.24) is 4.98 Å². The van der Waals surface area contributed by atoms with Crippen LogP contribution in [0.2, 0.25) is 0 Å². The first-order chi connectivity index (χ1) is 11.0. The number of likely N-dealkylation sites (N-methyl/N-ethyl adjacent to an activating group) is 1. The average Bonchev–Trinajstić information content (AvgIpc) is 2.92. The first kappa shape index (κ1) is 10.00. The maximum atomic E-state index is 11.3. The van der Waals surface area contributed by atoms with Gasteiger partial charge in [-0.2, -0.15) is 0 Å². The van der Waals surface area contributed by atoms with Crippen LogP contribution in [0.3, 0.4) is 0 Å². The lowest BCUT2D eigenvalue weighted by Crippen LogP contribution is -2.40. The van der Waals surface area contributed by atoms with E-state index in [4.69, 9.17) is 10.2 Å². The van der Waals surface area contributed by atoms with Gasteiger partial charge in [0.05, 0.1) is 29.9 Å². The molecule has 0 aliphatic rings. The van der Waals surface area contributed by atoms with E-state index in [1.165, 1.54) is 13.1 Å². The summed E-state index contributed by atoms with van der Waals surface area (Å²) in [5.41, 5.74) is 0.726. The van der Waals surface area contributed by atoms with Gasteiger partial charge >= 0.3 is 5.97 Å². The van der Waals surface area contributed by atoms with Crippen molar-refractivity contribution in [3.8, 4) is 5.75 Å². The number of carbonyl (C=O) groups is 1. The van der Waals surface area contributed by atoms with Gasteiger partial charge in [-0.25, -0.2) is 0 Å². The second kappa shape index (κ2) is 5.67. The van der Waals surface area contributed by atoms with Crippen molar-refractivity contribution >= 4 is 16.9 Å². The van der Waals surface area contributed by atoms with E-state index in [2.05, 4.69) is 4.98 Å². The van der Waals surface area contributed by atoms with Crippen LogP contribution in [0.5, 0.6) is 5.75 Å². The van der Waals surface area contributed by atoms with E-state index in [1.54, 1.807) is 32.3 Å². The Labute approximate surface area is 125 Å². The molecular weight excluding hydrogens is 252 g/mol. The molecule has 0 saturated heterocycles. The third-order valence-electron chi connectivity index (χ3n) is 3.21. The summed E-state index contributed by atoms with van der Waals surface area (Å²) in [5.74, 6) is -0.291. The zero-order chi connectivity index (χ0) is 18.3. The minimum absolute atomic E-state index is 0.138. The zero-order valence-corrected chi connectivity index (χ0v) is 12.3. The molecule has 108 valence electrons. The highest BCUT2D eigenvalue weighted by Gasteiger charge is 2.16. The number of aromatic amines is 1. The van der Waals surface area contributed by atoms with E-state index >= 15 is 0 Å². The summed E-state index contributed by atoms with van der Waals surface area (Å²) in [5, 5.41) is 0.387. The molecule has 0 bridgehead atoms. The first-order valence-electron chi connectivity index (χ1n) is 8.58. The van der Waals surface area contributed by atoms with Crippen LogP contribution < -0.4 is 4.74 Å². The number of H-pyrrole nitrogens is 1. The largest absolute Gasteiger partial charge is 0.426 e. The monoisotopic (exact) mass is 279 g/mol. The lowest BCUT2D eigenvalue weighted by Gasteiger charge is -2.28. The number of esters is 1. The maximum absolute atomic E-state index is 11.3. The third-order valence-corrected chi connectivity index (χ3v) is 3.21. The molecule has 1 aromatic carbocycles. The van der Waals surface area contributed by atoms with Crippen LogP contribution in [-0.4, -0.2) is 42.6 Å². The quantitative estimate of drug-likeness (QED) is 0.519. The summed E-state index contributed by atoms with van der Waals surface area (Å²) < 4.78 is 39.0. The van der Waals surface area contributed by atoms with E-state index in [-0.39, 0.29) is 15.8 Å². The molecule has 0 aliphatic carbocycles. The molecule has 1 heterocycles. The number of hydrogen-bond donors (Lipinski definition) is 1. The Balaban J connectivity index is 2.69. The fourth-order valence-electron chi connectivity index (χ4n) is 1.78. The van der Waals surface area contributed by atoms with Gasteiger partial charge in [0.1, 0.15) is 5.75 Å². The van der Waals surface area contributed by atoms with Crippen LogP contribution in [0.1, 0.15) is 24.9 Å². The fraction of sp³-hybridized carbons (Fsp3) is 0.438. The fourth-order valence-corrected chi connectivity index (χ4v) is 1.78. The Hall–Kier alpha value is -1.81. The number of nitrogens with one attached hydrogen (secondary N) is 1. The molecule has 1 aromatic heterocycles. The number of rotatable bonds is 5. The minimum atomic E-state index is -2.30. The van der Waals surface area contributed by atoms with Crippen molar-refractivity contribution < 1.29 is 19.5 Å². The molecule has 0 radical (unpaired) electrons. The van der Waals surface area contributed by atoms with Crippen LogP contribution in [0.15, 0.2) is 24.4 Å². The van der Waals surface area contributed by atoms with Crippen molar-refractivity contribution in [2.24, 2.45) is 0 Å². The molecule has 0 amide bonds. The van der Waals surface area contributed by atoms with Crippen LogP contribution in [0, 0.1) is 0 Å². The molecule has 4 heteroatoms. The predicted molar refractivity (Wildman–Crippen MR) is 80.8 cm³/mol. The zero-order valence-electron chi connectivity index (χ0n) is 16.3. The van der Waals surface area contributed by atoms with Gasteiger partial charge in [0, 0.05) is 33.1 Å². The molecule has 2 rings (SSSR count). The highest BCUT2D eigenvalue weighted by molar-refractivity contribution is 5.91. The summed E-state index contributed by atoms with van der Waals surface area (Å²) in [6.07, 6.45) is -0.855. The number of quaternary nitrogens is 1. The topological polar surface area (TPSA) is 42.1 Å². The van der Waals surface area contributed by atoms with Crippen LogP contribution in [0.4, 0.5) is 0 Å². The molecular formula is C16H23N2O2+. The second-order valence-corrected chi connectivity index (χ2v) is 5.21. The molecule has 0 unspecified atom stereocenters. The average molecular weight is 279 g/mol. The van der Waals surface area contributed by atoms with Gasteiger partial charge in [0.25, 0.3) is 0 Å². The number of aromatic nitrogens is 1. The Bertz CT molecular complexity index is 769. The number of ether oxygens (including phenoxy) is 1. The number of carbonyl (C=O) groups excluding carboxylic acids is 1. The summed E-state index contributed by atoms with van der Waals surface area (Å²) in [6.45, 7) is 1.31. The van der Waals surface area contributed by atoms with Gasteiger partial charge in [-0.3, -0.25) is 4.79 Å². The highest BCUT2D eigenvalue weighted by Crippen LogP contribution is 2.29. The van der Waals surface area contributed by atoms with Crippen molar-refractivity contribution in [3.05, 3.63) is 30.0 Å². The number of benzene rings is 1. The van der Waals surface area contributed by atoms with Crippen molar-refractivity contribution in [3.63, 3.8) is 0 Å². The Morgan fingerprint density at radius 2 is 2.20 bits per heavy atom. The van der Waals surface area contributed by atoms with Crippen LogP contribution >= 0.6 is 0 Å².